The van der Waals surface area contributed by atoms with Gasteiger partial charge in [0, 0.05) is 31.7 Å². The fourth-order valence-corrected chi connectivity index (χ4v) is 2.34. The monoisotopic (exact) mass is 275 g/mol. The minimum Gasteiger partial charge on any atom is -0.326 e. The van der Waals surface area contributed by atoms with Crippen molar-refractivity contribution in [1.29, 1.82) is 0 Å². The lowest BCUT2D eigenvalue weighted by atomic mass is 10.1. The van der Waals surface area contributed by atoms with Gasteiger partial charge >= 0.3 is 0 Å². The van der Waals surface area contributed by atoms with Crippen molar-refractivity contribution in [2.24, 2.45) is 11.7 Å². The number of nitrogens with zero attached hydrogens (tertiary/aromatic N) is 1. The highest BCUT2D eigenvalue weighted by atomic mass is 16.1. The number of para-hydroxylation sites is 1. The third kappa shape index (κ3) is 4.62. The summed E-state index contributed by atoms with van der Waals surface area (Å²) in [6, 6.07) is 7.70. The van der Waals surface area contributed by atoms with E-state index in [1.807, 2.05) is 24.3 Å². The maximum absolute atomic E-state index is 12.0. The number of nitrogens with two attached hydrogens (primary N) is 1. The molecular formula is C16H25N3O. The highest BCUT2D eigenvalue weighted by Gasteiger charge is 2.23. The molecule has 1 amide bonds. The van der Waals surface area contributed by atoms with Gasteiger partial charge in [0.25, 0.3) is 0 Å². The van der Waals surface area contributed by atoms with E-state index in [1.54, 1.807) is 0 Å². The zero-order chi connectivity index (χ0) is 14.4. The van der Waals surface area contributed by atoms with Crippen LogP contribution in [-0.2, 0) is 11.3 Å². The van der Waals surface area contributed by atoms with E-state index in [4.69, 9.17) is 5.73 Å². The van der Waals surface area contributed by atoms with Crippen LogP contribution >= 0.6 is 0 Å². The smallest absolute Gasteiger partial charge is 0.225 e. The minimum absolute atomic E-state index is 0.0696. The van der Waals surface area contributed by atoms with Crippen molar-refractivity contribution >= 4 is 11.6 Å². The normalized spacial score (nSPS) is 14.6. The molecular weight excluding hydrogens is 250 g/mol. The summed E-state index contributed by atoms with van der Waals surface area (Å²) in [7, 11) is 0. The first kappa shape index (κ1) is 15.0. The number of anilines is 1. The van der Waals surface area contributed by atoms with Crippen molar-refractivity contribution in [3.63, 3.8) is 0 Å². The highest BCUT2D eigenvalue weighted by molar-refractivity contribution is 5.91. The van der Waals surface area contributed by atoms with Crippen LogP contribution in [0.5, 0.6) is 0 Å². The summed E-state index contributed by atoms with van der Waals surface area (Å²) in [4.78, 5) is 14.4. The van der Waals surface area contributed by atoms with Crippen LogP contribution in [0.4, 0.5) is 5.69 Å². The summed E-state index contributed by atoms with van der Waals surface area (Å²) < 4.78 is 0. The first-order chi connectivity index (χ1) is 9.72. The molecule has 20 heavy (non-hydrogen) atoms. The Bertz CT molecular complexity index is 443. The van der Waals surface area contributed by atoms with Crippen molar-refractivity contribution < 1.29 is 4.79 Å². The molecule has 0 heterocycles. The van der Waals surface area contributed by atoms with Gasteiger partial charge in [0.2, 0.25) is 5.91 Å². The minimum atomic E-state index is 0.0696. The third-order valence-corrected chi connectivity index (χ3v) is 3.83. The van der Waals surface area contributed by atoms with E-state index < -0.39 is 0 Å². The van der Waals surface area contributed by atoms with Gasteiger partial charge < -0.3 is 16.0 Å². The second-order valence-corrected chi connectivity index (χ2v) is 5.50. The van der Waals surface area contributed by atoms with E-state index in [0.717, 1.165) is 36.8 Å². The molecule has 1 aromatic carbocycles. The van der Waals surface area contributed by atoms with Crippen LogP contribution in [0.25, 0.3) is 0 Å². The van der Waals surface area contributed by atoms with Gasteiger partial charge in [-0.1, -0.05) is 25.1 Å². The summed E-state index contributed by atoms with van der Waals surface area (Å²) in [5.74, 6) is 0.941. The van der Waals surface area contributed by atoms with Crippen LogP contribution in [0.15, 0.2) is 24.3 Å². The molecule has 2 rings (SSSR count). The van der Waals surface area contributed by atoms with E-state index in [1.165, 1.54) is 12.8 Å². The summed E-state index contributed by atoms with van der Waals surface area (Å²) >= 11 is 0. The molecule has 1 aromatic rings. The van der Waals surface area contributed by atoms with Gasteiger partial charge in [-0.25, -0.2) is 0 Å². The lowest BCUT2D eigenvalue weighted by molar-refractivity contribution is -0.116. The average Bonchev–Trinajstić information content (AvgIpc) is 3.28. The van der Waals surface area contributed by atoms with Crippen LogP contribution in [-0.4, -0.2) is 30.4 Å². The van der Waals surface area contributed by atoms with Gasteiger partial charge in [-0.2, -0.15) is 0 Å². The summed E-state index contributed by atoms with van der Waals surface area (Å²) in [5.41, 5.74) is 7.49. The molecule has 1 saturated carbocycles. The van der Waals surface area contributed by atoms with Gasteiger partial charge in [0.1, 0.15) is 0 Å². The Hall–Kier alpha value is -1.39. The number of benzene rings is 1. The van der Waals surface area contributed by atoms with E-state index in [9.17, 15) is 4.79 Å². The number of hydrogen-bond donors (Lipinski definition) is 2. The molecule has 1 aliphatic rings. The predicted molar refractivity (Wildman–Crippen MR) is 82.4 cm³/mol. The van der Waals surface area contributed by atoms with Gasteiger partial charge in [-0.15, -0.1) is 0 Å². The number of carbonyl (C=O) groups excluding carboxylic acids is 1. The van der Waals surface area contributed by atoms with E-state index in [0.29, 0.717) is 13.0 Å². The van der Waals surface area contributed by atoms with Gasteiger partial charge in [-0.05, 0) is 36.9 Å². The first-order valence-corrected chi connectivity index (χ1v) is 7.53. The fourth-order valence-electron chi connectivity index (χ4n) is 2.34. The SMILES string of the molecule is CCN(CCC(=O)Nc1ccccc1CN)CC1CC1. The van der Waals surface area contributed by atoms with Gasteiger partial charge in [0.15, 0.2) is 0 Å². The molecule has 0 aromatic heterocycles. The van der Waals surface area contributed by atoms with Crippen molar-refractivity contribution in [2.75, 3.05) is 25.0 Å². The Morgan fingerprint density at radius 3 is 2.80 bits per heavy atom. The van der Waals surface area contributed by atoms with Crippen LogP contribution in [0.3, 0.4) is 0 Å². The Morgan fingerprint density at radius 2 is 2.15 bits per heavy atom. The fraction of sp³-hybridized carbons (Fsp3) is 0.562. The van der Waals surface area contributed by atoms with Crippen LogP contribution in [0.2, 0.25) is 0 Å². The van der Waals surface area contributed by atoms with E-state index in [2.05, 4.69) is 17.1 Å². The van der Waals surface area contributed by atoms with Crippen molar-refractivity contribution in [3.05, 3.63) is 29.8 Å². The molecule has 0 radical (unpaired) electrons. The quantitative estimate of drug-likeness (QED) is 0.764. The zero-order valence-electron chi connectivity index (χ0n) is 12.3. The molecule has 4 heteroatoms. The summed E-state index contributed by atoms with van der Waals surface area (Å²) in [6.45, 7) is 5.60. The zero-order valence-corrected chi connectivity index (χ0v) is 12.3. The third-order valence-electron chi connectivity index (χ3n) is 3.83. The molecule has 0 saturated heterocycles. The molecule has 0 unspecified atom stereocenters. The highest BCUT2D eigenvalue weighted by Crippen LogP contribution is 2.29. The Kier molecular flexibility index (Phi) is 5.56. The van der Waals surface area contributed by atoms with Crippen molar-refractivity contribution in [2.45, 2.75) is 32.7 Å². The second kappa shape index (κ2) is 7.41. The summed E-state index contributed by atoms with van der Waals surface area (Å²) in [5, 5.41) is 2.96. The number of hydrogen-bond acceptors (Lipinski definition) is 3. The largest absolute Gasteiger partial charge is 0.326 e. The average molecular weight is 275 g/mol. The van der Waals surface area contributed by atoms with Gasteiger partial charge in [0.05, 0.1) is 0 Å². The van der Waals surface area contributed by atoms with E-state index in [-0.39, 0.29) is 5.91 Å². The Morgan fingerprint density at radius 1 is 1.40 bits per heavy atom. The first-order valence-electron chi connectivity index (χ1n) is 7.53. The van der Waals surface area contributed by atoms with Crippen molar-refractivity contribution in [3.8, 4) is 0 Å². The standard InChI is InChI=1S/C16H25N3O/c1-2-19(12-13-7-8-13)10-9-16(20)18-15-6-4-3-5-14(15)11-17/h3-6,13H,2,7-12,17H2,1H3,(H,18,20). The molecule has 0 spiro atoms. The lowest BCUT2D eigenvalue weighted by Crippen LogP contribution is -2.29. The van der Waals surface area contributed by atoms with Crippen LogP contribution < -0.4 is 11.1 Å². The molecule has 1 fully saturated rings. The maximum atomic E-state index is 12.0. The summed E-state index contributed by atoms with van der Waals surface area (Å²) in [6.07, 6.45) is 3.25. The molecule has 0 atom stereocenters. The maximum Gasteiger partial charge on any atom is 0.225 e. The van der Waals surface area contributed by atoms with E-state index >= 15 is 0 Å². The number of amides is 1. The van der Waals surface area contributed by atoms with Crippen molar-refractivity contribution in [1.82, 2.24) is 4.90 Å². The second-order valence-electron chi connectivity index (χ2n) is 5.50. The predicted octanol–water partition coefficient (Wildman–Crippen LogP) is 2.21. The molecule has 1 aliphatic carbocycles. The van der Waals surface area contributed by atoms with Crippen LogP contribution in [0.1, 0.15) is 31.7 Å². The molecule has 0 bridgehead atoms. The molecule has 3 N–H and O–H groups in total. The van der Waals surface area contributed by atoms with Crippen LogP contribution in [0, 0.1) is 5.92 Å². The lowest BCUT2D eigenvalue weighted by Gasteiger charge is -2.19. The topological polar surface area (TPSA) is 58.4 Å². The Balaban J connectivity index is 1.79. The molecule has 110 valence electrons. The van der Waals surface area contributed by atoms with Gasteiger partial charge in [-0.3, -0.25) is 4.79 Å². The Labute approximate surface area is 121 Å². The molecule has 0 aliphatic heterocycles. The molecule has 4 nitrogen and oxygen atoms in total. The number of nitrogens with one attached hydrogen (secondary N) is 1. The number of rotatable bonds is 8. The number of carbonyl (C=O) groups is 1.